The summed E-state index contributed by atoms with van der Waals surface area (Å²) < 4.78 is 24.2. The lowest BCUT2D eigenvalue weighted by atomic mass is 10.0. The van der Waals surface area contributed by atoms with Gasteiger partial charge in [0.05, 0.1) is 35.6 Å². The number of alkyl halides is 1. The summed E-state index contributed by atoms with van der Waals surface area (Å²) in [4.78, 5) is 24.9. The van der Waals surface area contributed by atoms with E-state index in [0.29, 0.717) is 51.4 Å². The number of nitrogens with two attached hydrogens (primary N) is 1. The van der Waals surface area contributed by atoms with Crippen LogP contribution >= 0.6 is 11.6 Å². The van der Waals surface area contributed by atoms with Crippen LogP contribution in [-0.2, 0) is 13.6 Å². The number of benzene rings is 2. The summed E-state index contributed by atoms with van der Waals surface area (Å²) in [5.74, 6) is 1.58. The molecule has 0 radical (unpaired) electrons. The number of aromatic nitrogens is 4. The van der Waals surface area contributed by atoms with Crippen LogP contribution in [0.25, 0.3) is 44.8 Å². The lowest BCUT2D eigenvalue weighted by Crippen LogP contribution is -2.50. The van der Waals surface area contributed by atoms with Gasteiger partial charge in [0.25, 0.3) is 5.91 Å². The third-order valence-electron chi connectivity index (χ3n) is 8.46. The quantitative estimate of drug-likeness (QED) is 0.264. The molecule has 0 bridgehead atoms. The number of methoxy groups -OCH3 is 1. The molecule has 2 fully saturated rings. The third kappa shape index (κ3) is 4.98. The number of carbonyl (C=O) groups excluding carboxylic acids is 1. The van der Waals surface area contributed by atoms with Crippen molar-refractivity contribution in [1.29, 1.82) is 0 Å². The molecule has 3 aromatic heterocycles. The average Bonchev–Trinajstić information content (AvgIpc) is 3.66. The minimum atomic E-state index is -1.15. The summed E-state index contributed by atoms with van der Waals surface area (Å²) in [6, 6.07) is 13.9. The van der Waals surface area contributed by atoms with Crippen molar-refractivity contribution >= 4 is 39.6 Å². The summed E-state index contributed by atoms with van der Waals surface area (Å²) >= 11 is 6.48. The number of likely N-dealkylation sites (tertiary alicyclic amines) is 1. The molecule has 1 saturated heterocycles. The number of phenolic OH excluding ortho intramolecular Hbond substituents is 1. The molecular formula is C32H32ClFN6O3. The van der Waals surface area contributed by atoms with E-state index < -0.39 is 12.2 Å². The molecule has 3 N–H and O–H groups in total. The Morgan fingerprint density at radius 2 is 1.95 bits per heavy atom. The Morgan fingerprint density at radius 1 is 1.14 bits per heavy atom. The van der Waals surface area contributed by atoms with Gasteiger partial charge in [0.1, 0.15) is 28.8 Å². The van der Waals surface area contributed by atoms with Crippen molar-refractivity contribution < 1.29 is 19.0 Å². The first-order chi connectivity index (χ1) is 20.7. The number of nitrogens with zero attached hydrogens (tertiary/aromatic N) is 5. The highest BCUT2D eigenvalue weighted by atomic mass is 35.5. The lowest BCUT2D eigenvalue weighted by molar-refractivity contribution is 0.0606. The van der Waals surface area contributed by atoms with Gasteiger partial charge in [-0.05, 0) is 73.7 Å². The Hall–Kier alpha value is -4.15. The predicted octanol–water partition coefficient (Wildman–Crippen LogP) is 5.55. The van der Waals surface area contributed by atoms with Crippen LogP contribution in [0.3, 0.4) is 0 Å². The zero-order valence-electron chi connectivity index (χ0n) is 23.9. The Balaban J connectivity index is 1.35. The van der Waals surface area contributed by atoms with Gasteiger partial charge < -0.3 is 29.6 Å². The third-order valence-corrected chi connectivity index (χ3v) is 8.79. The number of piperidine rings is 1. The van der Waals surface area contributed by atoms with Gasteiger partial charge in [-0.1, -0.05) is 11.6 Å². The van der Waals surface area contributed by atoms with Crippen molar-refractivity contribution in [3.8, 4) is 34.3 Å². The number of phenols is 1. The van der Waals surface area contributed by atoms with Crippen LogP contribution in [0.1, 0.15) is 29.6 Å². The first-order valence-electron chi connectivity index (χ1n) is 14.4. The number of aromatic hydroxyl groups is 1. The number of amides is 1. The molecule has 2 atom stereocenters. The molecule has 0 unspecified atom stereocenters. The van der Waals surface area contributed by atoms with Crippen molar-refractivity contribution in [2.24, 2.45) is 18.7 Å². The highest BCUT2D eigenvalue weighted by molar-refractivity contribution is 6.33. The molecule has 2 aliphatic rings. The van der Waals surface area contributed by atoms with Crippen molar-refractivity contribution in [2.75, 3.05) is 20.2 Å². The molecule has 1 amide bonds. The minimum absolute atomic E-state index is 0.0183. The Labute approximate surface area is 252 Å². The second-order valence-corrected chi connectivity index (χ2v) is 12.1. The van der Waals surface area contributed by atoms with Gasteiger partial charge in [-0.3, -0.25) is 4.79 Å². The normalized spacial score (nSPS) is 19.0. The van der Waals surface area contributed by atoms with Crippen molar-refractivity contribution in [3.05, 3.63) is 59.1 Å². The number of hydrogen-bond acceptors (Lipinski definition) is 6. The van der Waals surface area contributed by atoms with Gasteiger partial charge in [0, 0.05) is 42.7 Å². The van der Waals surface area contributed by atoms with Crippen LogP contribution < -0.4 is 10.5 Å². The zero-order chi connectivity index (χ0) is 30.0. The van der Waals surface area contributed by atoms with Crippen LogP contribution in [0.2, 0.25) is 5.02 Å². The number of aryl methyl sites for hydroxylation is 1. The van der Waals surface area contributed by atoms with Gasteiger partial charge in [0.2, 0.25) is 0 Å². The van der Waals surface area contributed by atoms with E-state index in [2.05, 4.69) is 10.6 Å². The maximum absolute atomic E-state index is 14.2. The maximum atomic E-state index is 14.2. The van der Waals surface area contributed by atoms with E-state index in [9.17, 15) is 14.3 Å². The molecular weight excluding hydrogens is 571 g/mol. The minimum Gasteiger partial charge on any atom is -0.508 e. The van der Waals surface area contributed by atoms with Crippen LogP contribution in [0.5, 0.6) is 11.5 Å². The molecule has 9 nitrogen and oxygen atoms in total. The fourth-order valence-corrected chi connectivity index (χ4v) is 6.37. The molecule has 5 aromatic rings. The van der Waals surface area contributed by atoms with E-state index >= 15 is 0 Å². The lowest BCUT2D eigenvalue weighted by Gasteiger charge is -2.33. The van der Waals surface area contributed by atoms with Crippen molar-refractivity contribution in [2.45, 2.75) is 38.0 Å². The standard InChI is InChI=1S/C32H32ClFN6O3/c1-38-29-26(9-19(11-28(29)43-2)32(42)39-15-20(34)12-21(35)16-39)37-31(38)27-10-18-5-8-25(23-13-22(41)6-7-24(23)33)36-30(18)40(27)14-17-3-4-17/h5-11,13,17,20-21,41H,3-4,12,14-16,35H2,1-2H3/t20-,21-/m1/s1. The number of rotatable bonds is 6. The molecule has 2 aromatic carbocycles. The molecule has 7 rings (SSSR count). The fraction of sp³-hybridized carbons (Fsp3) is 0.344. The summed E-state index contributed by atoms with van der Waals surface area (Å²) in [5.41, 5.74) is 10.7. The van der Waals surface area contributed by atoms with Gasteiger partial charge in [-0.25, -0.2) is 14.4 Å². The number of fused-ring (bicyclic) bond motifs is 2. The number of carbonyl (C=O) groups is 1. The summed E-state index contributed by atoms with van der Waals surface area (Å²) in [6.07, 6.45) is 1.41. The molecule has 222 valence electrons. The summed E-state index contributed by atoms with van der Waals surface area (Å²) in [7, 11) is 3.49. The van der Waals surface area contributed by atoms with Crippen LogP contribution in [0.15, 0.2) is 48.5 Å². The number of hydrogen-bond donors (Lipinski definition) is 2. The number of ether oxygens (including phenoxy) is 1. The summed E-state index contributed by atoms with van der Waals surface area (Å²) in [6.45, 7) is 1.11. The highest BCUT2D eigenvalue weighted by Gasteiger charge is 2.30. The maximum Gasteiger partial charge on any atom is 0.254 e. The number of pyridine rings is 1. The molecule has 1 aliphatic carbocycles. The van der Waals surface area contributed by atoms with E-state index in [1.807, 2.05) is 23.7 Å². The second kappa shape index (κ2) is 10.5. The fourth-order valence-electron chi connectivity index (χ4n) is 6.16. The van der Waals surface area contributed by atoms with Crippen molar-refractivity contribution in [1.82, 2.24) is 24.0 Å². The smallest absolute Gasteiger partial charge is 0.254 e. The first kappa shape index (κ1) is 27.7. The molecule has 0 spiro atoms. The molecule has 4 heterocycles. The molecule has 43 heavy (non-hydrogen) atoms. The van der Waals surface area contributed by atoms with E-state index in [1.165, 1.54) is 4.90 Å². The van der Waals surface area contributed by atoms with Gasteiger partial charge in [-0.15, -0.1) is 0 Å². The van der Waals surface area contributed by atoms with Crippen molar-refractivity contribution in [3.63, 3.8) is 0 Å². The SMILES string of the molecule is COc1cc(C(=O)N2C[C@H](N)C[C@@H](F)C2)cc2nc(-c3cc4ccc(-c5cc(O)ccc5Cl)nc4n3CC3CC3)n(C)c12. The molecule has 11 heteroatoms. The van der Waals surface area contributed by atoms with Crippen LogP contribution in [-0.4, -0.2) is 67.4 Å². The predicted molar refractivity (Wildman–Crippen MR) is 164 cm³/mol. The van der Waals surface area contributed by atoms with Gasteiger partial charge in [-0.2, -0.15) is 0 Å². The van der Waals surface area contributed by atoms with Crippen LogP contribution in [0, 0.1) is 5.92 Å². The van der Waals surface area contributed by atoms with E-state index in [1.54, 1.807) is 37.4 Å². The highest BCUT2D eigenvalue weighted by Crippen LogP contribution is 2.39. The monoisotopic (exact) mass is 602 g/mol. The zero-order valence-corrected chi connectivity index (χ0v) is 24.7. The molecule has 1 aliphatic heterocycles. The van der Waals surface area contributed by atoms with Gasteiger partial charge >= 0.3 is 0 Å². The summed E-state index contributed by atoms with van der Waals surface area (Å²) in [5, 5.41) is 11.5. The Morgan fingerprint density at radius 3 is 2.70 bits per heavy atom. The average molecular weight is 603 g/mol. The van der Waals surface area contributed by atoms with E-state index in [0.717, 1.165) is 41.6 Å². The molecule has 1 saturated carbocycles. The topological polar surface area (TPSA) is 111 Å². The van der Waals surface area contributed by atoms with Crippen LogP contribution in [0.4, 0.5) is 4.39 Å². The number of imidazole rings is 1. The van der Waals surface area contributed by atoms with Gasteiger partial charge in [0.15, 0.2) is 5.82 Å². The van der Waals surface area contributed by atoms with E-state index in [4.69, 9.17) is 32.0 Å². The largest absolute Gasteiger partial charge is 0.508 e. The Kier molecular flexibility index (Phi) is 6.78. The number of halogens is 2. The Bertz CT molecular complexity index is 1890. The second-order valence-electron chi connectivity index (χ2n) is 11.7. The van der Waals surface area contributed by atoms with E-state index in [-0.39, 0.29) is 24.6 Å². The first-order valence-corrected chi connectivity index (χ1v) is 14.8.